The molecule has 1 aromatic rings. The third kappa shape index (κ3) is 3.97. The molecule has 0 spiro atoms. The second kappa shape index (κ2) is 6.93. The summed E-state index contributed by atoms with van der Waals surface area (Å²) in [5.41, 5.74) is 0. The van der Waals surface area contributed by atoms with Crippen LogP contribution in [-0.4, -0.2) is 51.4 Å². The molecule has 7 heteroatoms. The minimum atomic E-state index is -0.818. The van der Waals surface area contributed by atoms with Crippen LogP contribution in [-0.2, 0) is 11.3 Å². The van der Waals surface area contributed by atoms with Crippen molar-refractivity contribution in [2.45, 2.75) is 25.8 Å². The average molecular weight is 280 g/mol. The largest absolute Gasteiger partial charge is 0.481 e. The maximum absolute atomic E-state index is 11.9. The van der Waals surface area contributed by atoms with Gasteiger partial charge in [0, 0.05) is 38.6 Å². The van der Waals surface area contributed by atoms with E-state index in [0.717, 1.165) is 19.4 Å². The quantitative estimate of drug-likeness (QED) is 0.780. The van der Waals surface area contributed by atoms with Crippen LogP contribution in [0.1, 0.15) is 19.3 Å². The number of aryl methyl sites for hydroxylation is 1. The number of carboxylic acid groups (broad SMARTS) is 1. The molecule has 0 unspecified atom stereocenters. The molecule has 1 fully saturated rings. The monoisotopic (exact) mass is 280 g/mol. The molecule has 1 atom stereocenters. The number of nitrogens with zero attached hydrogens (tertiary/aromatic N) is 3. The second-order valence-corrected chi connectivity index (χ2v) is 4.98. The summed E-state index contributed by atoms with van der Waals surface area (Å²) < 4.78 is 1.81. The number of hydrogen-bond acceptors (Lipinski definition) is 3. The number of urea groups is 1. The van der Waals surface area contributed by atoms with E-state index in [1.807, 2.05) is 16.9 Å². The van der Waals surface area contributed by atoms with Crippen LogP contribution >= 0.6 is 0 Å². The number of nitrogens with one attached hydrogen (secondary N) is 1. The van der Waals surface area contributed by atoms with Gasteiger partial charge >= 0.3 is 12.0 Å². The highest BCUT2D eigenvalue weighted by atomic mass is 16.4. The molecular weight excluding hydrogens is 260 g/mol. The third-order valence-corrected chi connectivity index (χ3v) is 3.46. The highest BCUT2D eigenvalue weighted by Crippen LogP contribution is 2.16. The van der Waals surface area contributed by atoms with Crippen LogP contribution in [0.25, 0.3) is 0 Å². The van der Waals surface area contributed by atoms with E-state index in [1.165, 1.54) is 0 Å². The summed E-state index contributed by atoms with van der Waals surface area (Å²) in [4.78, 5) is 24.5. The first-order valence-electron chi connectivity index (χ1n) is 6.90. The lowest BCUT2D eigenvalue weighted by atomic mass is 9.99. The zero-order chi connectivity index (χ0) is 14.4. The van der Waals surface area contributed by atoms with Crippen LogP contribution in [0.5, 0.6) is 0 Å². The lowest BCUT2D eigenvalue weighted by Crippen LogP contribution is -2.47. The molecule has 2 heterocycles. The first-order valence-corrected chi connectivity index (χ1v) is 6.90. The number of hydrogen-bond donors (Lipinski definition) is 2. The van der Waals surface area contributed by atoms with Crippen molar-refractivity contribution in [1.82, 2.24) is 20.0 Å². The highest BCUT2D eigenvalue weighted by molar-refractivity contribution is 5.76. The molecule has 1 aliphatic rings. The fourth-order valence-corrected chi connectivity index (χ4v) is 2.34. The van der Waals surface area contributed by atoms with Gasteiger partial charge in [0.25, 0.3) is 0 Å². The van der Waals surface area contributed by atoms with Crippen molar-refractivity contribution >= 4 is 12.0 Å². The van der Waals surface area contributed by atoms with E-state index in [-0.39, 0.29) is 6.03 Å². The summed E-state index contributed by atoms with van der Waals surface area (Å²) in [5, 5.41) is 15.9. The van der Waals surface area contributed by atoms with Crippen LogP contribution in [0.3, 0.4) is 0 Å². The number of aliphatic carboxylic acids is 1. The molecule has 2 rings (SSSR count). The van der Waals surface area contributed by atoms with Crippen LogP contribution in [0.2, 0.25) is 0 Å². The van der Waals surface area contributed by atoms with Gasteiger partial charge in [0.15, 0.2) is 0 Å². The molecule has 0 radical (unpaired) electrons. The van der Waals surface area contributed by atoms with Crippen LogP contribution in [0, 0.1) is 5.92 Å². The first-order chi connectivity index (χ1) is 9.66. The van der Waals surface area contributed by atoms with Crippen LogP contribution in [0.15, 0.2) is 18.5 Å². The van der Waals surface area contributed by atoms with Gasteiger partial charge in [0.2, 0.25) is 0 Å². The van der Waals surface area contributed by atoms with Gasteiger partial charge in [-0.15, -0.1) is 0 Å². The Labute approximate surface area is 117 Å². The molecular formula is C13H20N4O3. The number of carbonyl (C=O) groups is 2. The summed E-state index contributed by atoms with van der Waals surface area (Å²) in [7, 11) is 0. The van der Waals surface area contributed by atoms with E-state index in [9.17, 15) is 9.59 Å². The maximum atomic E-state index is 11.9. The van der Waals surface area contributed by atoms with E-state index >= 15 is 0 Å². The van der Waals surface area contributed by atoms with Gasteiger partial charge < -0.3 is 15.3 Å². The smallest absolute Gasteiger partial charge is 0.317 e. The minimum absolute atomic E-state index is 0.170. The SMILES string of the molecule is O=C(O)[C@H]1CCCN(C(=O)NCCCn2cccn2)C1. The Bertz CT molecular complexity index is 446. The lowest BCUT2D eigenvalue weighted by molar-refractivity contribution is -0.143. The van der Waals surface area contributed by atoms with Crippen molar-refractivity contribution in [3.63, 3.8) is 0 Å². The van der Waals surface area contributed by atoms with Crippen molar-refractivity contribution in [1.29, 1.82) is 0 Å². The fourth-order valence-electron chi connectivity index (χ4n) is 2.34. The van der Waals surface area contributed by atoms with E-state index in [4.69, 9.17) is 5.11 Å². The molecule has 0 saturated carbocycles. The third-order valence-electron chi connectivity index (χ3n) is 3.46. The van der Waals surface area contributed by atoms with Gasteiger partial charge in [-0.25, -0.2) is 4.79 Å². The topological polar surface area (TPSA) is 87.5 Å². The number of likely N-dealkylation sites (tertiary alicyclic amines) is 1. The molecule has 110 valence electrons. The Morgan fingerprint density at radius 2 is 2.30 bits per heavy atom. The van der Waals surface area contributed by atoms with E-state index in [2.05, 4.69) is 10.4 Å². The Balaban J connectivity index is 1.67. The summed E-state index contributed by atoms with van der Waals surface area (Å²) in [5.74, 6) is -1.25. The standard InChI is InChI=1S/C13H20N4O3/c18-12(19)11-4-1-7-16(10-11)13(20)14-5-2-8-17-9-3-6-15-17/h3,6,9,11H,1-2,4-5,7-8,10H2,(H,14,20)(H,18,19)/t11-/m0/s1. The summed E-state index contributed by atoms with van der Waals surface area (Å²) in [6.07, 6.45) is 5.79. The van der Waals surface area contributed by atoms with Gasteiger partial charge in [-0.05, 0) is 25.3 Å². The Kier molecular flexibility index (Phi) is 4.97. The van der Waals surface area contributed by atoms with Crippen molar-refractivity contribution < 1.29 is 14.7 Å². The minimum Gasteiger partial charge on any atom is -0.481 e. The molecule has 2 amide bonds. The van der Waals surface area contributed by atoms with E-state index in [1.54, 1.807) is 11.1 Å². The van der Waals surface area contributed by atoms with E-state index in [0.29, 0.717) is 26.1 Å². The highest BCUT2D eigenvalue weighted by Gasteiger charge is 2.27. The zero-order valence-corrected chi connectivity index (χ0v) is 11.4. The maximum Gasteiger partial charge on any atom is 0.317 e. The molecule has 0 aromatic carbocycles. The second-order valence-electron chi connectivity index (χ2n) is 4.98. The number of aromatic nitrogens is 2. The molecule has 2 N–H and O–H groups in total. The van der Waals surface area contributed by atoms with Crippen molar-refractivity contribution in [2.24, 2.45) is 5.92 Å². The van der Waals surface area contributed by atoms with Gasteiger partial charge in [-0.2, -0.15) is 5.10 Å². The number of rotatable bonds is 5. The molecule has 1 aromatic heterocycles. The normalized spacial score (nSPS) is 18.8. The predicted octanol–water partition coefficient (Wildman–Crippen LogP) is 0.779. The fraction of sp³-hybridized carbons (Fsp3) is 0.615. The summed E-state index contributed by atoms with van der Waals surface area (Å²) >= 11 is 0. The number of piperidine rings is 1. The Morgan fingerprint density at radius 1 is 1.45 bits per heavy atom. The molecule has 0 aliphatic carbocycles. The molecule has 1 saturated heterocycles. The van der Waals surface area contributed by atoms with Crippen molar-refractivity contribution in [3.05, 3.63) is 18.5 Å². The Hall–Kier alpha value is -2.05. The summed E-state index contributed by atoms with van der Waals surface area (Å²) in [6, 6.07) is 1.69. The van der Waals surface area contributed by atoms with E-state index < -0.39 is 11.9 Å². The van der Waals surface area contributed by atoms with Gasteiger partial charge in [0.1, 0.15) is 0 Å². The average Bonchev–Trinajstić information content (AvgIpc) is 2.96. The van der Waals surface area contributed by atoms with Crippen molar-refractivity contribution in [3.8, 4) is 0 Å². The Morgan fingerprint density at radius 3 is 3.00 bits per heavy atom. The molecule has 20 heavy (non-hydrogen) atoms. The summed E-state index contributed by atoms with van der Waals surface area (Å²) in [6.45, 7) is 2.26. The predicted molar refractivity (Wildman–Crippen MR) is 72.2 cm³/mol. The van der Waals surface area contributed by atoms with Crippen LogP contribution in [0.4, 0.5) is 4.79 Å². The van der Waals surface area contributed by atoms with Crippen LogP contribution < -0.4 is 5.32 Å². The number of amides is 2. The zero-order valence-electron chi connectivity index (χ0n) is 11.4. The molecule has 0 bridgehead atoms. The number of carboxylic acids is 1. The van der Waals surface area contributed by atoms with Crippen molar-refractivity contribution in [2.75, 3.05) is 19.6 Å². The van der Waals surface area contributed by atoms with Gasteiger partial charge in [0.05, 0.1) is 5.92 Å². The molecule has 1 aliphatic heterocycles. The number of carbonyl (C=O) groups excluding carboxylic acids is 1. The molecule has 7 nitrogen and oxygen atoms in total. The van der Waals surface area contributed by atoms with Gasteiger partial charge in [-0.1, -0.05) is 0 Å². The first kappa shape index (κ1) is 14.4. The van der Waals surface area contributed by atoms with Gasteiger partial charge in [-0.3, -0.25) is 9.48 Å². The lowest BCUT2D eigenvalue weighted by Gasteiger charge is -2.30.